The summed E-state index contributed by atoms with van der Waals surface area (Å²) >= 11 is 0. The number of amides is 2. The van der Waals surface area contributed by atoms with Gasteiger partial charge in [0.2, 0.25) is 0 Å². The molecular formula is C22H26F2N4O. The summed E-state index contributed by atoms with van der Waals surface area (Å²) in [5.41, 5.74) is 6.46. The molecule has 1 aliphatic rings. The van der Waals surface area contributed by atoms with E-state index in [9.17, 15) is 13.6 Å². The van der Waals surface area contributed by atoms with Crippen LogP contribution in [0.4, 0.5) is 13.6 Å². The van der Waals surface area contributed by atoms with E-state index in [4.69, 9.17) is 5.73 Å². The Hall–Kier alpha value is -2.80. The zero-order chi connectivity index (χ0) is 21.0. The highest BCUT2D eigenvalue weighted by atomic mass is 19.1. The molecule has 3 rings (SSSR count). The van der Waals surface area contributed by atoms with Gasteiger partial charge in [0.1, 0.15) is 11.6 Å². The second-order valence-corrected chi connectivity index (χ2v) is 7.41. The van der Waals surface area contributed by atoms with E-state index in [0.29, 0.717) is 25.1 Å². The quantitative estimate of drug-likeness (QED) is 0.766. The van der Waals surface area contributed by atoms with Gasteiger partial charge in [0.15, 0.2) is 0 Å². The van der Waals surface area contributed by atoms with Gasteiger partial charge in [0.05, 0.1) is 11.3 Å². The molecule has 2 aromatic carbocycles. The maximum absolute atomic E-state index is 14.5. The first-order chi connectivity index (χ1) is 13.9. The number of nitrogens with zero attached hydrogens (tertiary/aromatic N) is 2. The summed E-state index contributed by atoms with van der Waals surface area (Å²) in [7, 11) is 0. The van der Waals surface area contributed by atoms with Gasteiger partial charge in [-0.05, 0) is 50.5 Å². The number of hydrogen-bond donors (Lipinski definition) is 2. The molecule has 0 saturated heterocycles. The minimum absolute atomic E-state index is 0.0675. The van der Waals surface area contributed by atoms with Crippen LogP contribution in [0.5, 0.6) is 0 Å². The predicted octanol–water partition coefficient (Wildman–Crippen LogP) is 4.13. The first-order valence-electron chi connectivity index (χ1n) is 9.79. The second-order valence-electron chi connectivity index (χ2n) is 7.41. The van der Waals surface area contributed by atoms with Crippen LogP contribution >= 0.6 is 0 Å². The molecule has 0 spiro atoms. The number of urea groups is 1. The lowest BCUT2D eigenvalue weighted by Gasteiger charge is -2.37. The van der Waals surface area contributed by atoms with Crippen LogP contribution < -0.4 is 11.1 Å². The SMILES string of the molecule is CCNC(=O)N1N=C(c2cc(F)ccc2F)CC1(CCC(C)N)c1ccccc1. The number of benzene rings is 2. The first kappa shape index (κ1) is 20.9. The summed E-state index contributed by atoms with van der Waals surface area (Å²) in [6.07, 6.45) is 1.44. The van der Waals surface area contributed by atoms with Crippen molar-refractivity contribution in [2.45, 2.75) is 44.7 Å². The number of hydrazone groups is 1. The molecule has 5 nitrogen and oxygen atoms in total. The number of nitrogens with two attached hydrogens (primary N) is 1. The fraction of sp³-hybridized carbons (Fsp3) is 0.364. The molecule has 0 fully saturated rings. The average Bonchev–Trinajstić information content (AvgIpc) is 3.10. The highest BCUT2D eigenvalue weighted by Gasteiger charge is 2.47. The molecule has 1 aliphatic heterocycles. The van der Waals surface area contributed by atoms with Crippen molar-refractivity contribution in [3.8, 4) is 0 Å². The maximum atomic E-state index is 14.5. The summed E-state index contributed by atoms with van der Waals surface area (Å²) in [6, 6.07) is 12.3. The Balaban J connectivity index is 2.12. The maximum Gasteiger partial charge on any atom is 0.338 e. The number of carbonyl (C=O) groups excluding carboxylic acids is 1. The van der Waals surface area contributed by atoms with Crippen molar-refractivity contribution in [3.63, 3.8) is 0 Å². The van der Waals surface area contributed by atoms with Crippen LogP contribution in [0.3, 0.4) is 0 Å². The van der Waals surface area contributed by atoms with E-state index in [2.05, 4.69) is 10.4 Å². The Morgan fingerprint density at radius 2 is 2.00 bits per heavy atom. The number of rotatable bonds is 6. The first-order valence-corrected chi connectivity index (χ1v) is 9.79. The molecule has 0 aromatic heterocycles. The van der Waals surface area contributed by atoms with Crippen LogP contribution in [-0.2, 0) is 5.54 Å². The molecule has 1 heterocycles. The summed E-state index contributed by atoms with van der Waals surface area (Å²) in [5.74, 6) is -1.13. The van der Waals surface area contributed by atoms with Crippen molar-refractivity contribution in [1.82, 2.24) is 10.3 Å². The minimum Gasteiger partial charge on any atom is -0.337 e. The van der Waals surface area contributed by atoms with Crippen LogP contribution in [0.15, 0.2) is 53.6 Å². The van der Waals surface area contributed by atoms with Gasteiger partial charge >= 0.3 is 6.03 Å². The second kappa shape index (κ2) is 8.69. The molecule has 2 amide bonds. The number of carbonyl (C=O) groups is 1. The summed E-state index contributed by atoms with van der Waals surface area (Å²) in [6.45, 7) is 4.14. The zero-order valence-corrected chi connectivity index (χ0v) is 16.7. The third kappa shape index (κ3) is 4.29. The van der Waals surface area contributed by atoms with Crippen molar-refractivity contribution < 1.29 is 13.6 Å². The fourth-order valence-corrected chi connectivity index (χ4v) is 3.72. The average molecular weight is 400 g/mol. The topological polar surface area (TPSA) is 70.7 Å². The lowest BCUT2D eigenvalue weighted by atomic mass is 9.79. The molecule has 2 unspecified atom stereocenters. The highest BCUT2D eigenvalue weighted by Crippen LogP contribution is 2.43. The van der Waals surface area contributed by atoms with Gasteiger partial charge in [-0.2, -0.15) is 5.10 Å². The van der Waals surface area contributed by atoms with E-state index in [0.717, 1.165) is 23.8 Å². The number of halogens is 2. The van der Waals surface area contributed by atoms with Crippen molar-refractivity contribution >= 4 is 11.7 Å². The Morgan fingerprint density at radius 1 is 1.28 bits per heavy atom. The lowest BCUT2D eigenvalue weighted by Crippen LogP contribution is -2.48. The van der Waals surface area contributed by atoms with Gasteiger partial charge in [0.25, 0.3) is 0 Å². The monoisotopic (exact) mass is 400 g/mol. The Bertz CT molecular complexity index is 901. The highest BCUT2D eigenvalue weighted by molar-refractivity contribution is 6.04. The molecule has 2 atom stereocenters. The van der Waals surface area contributed by atoms with Gasteiger partial charge in [0, 0.05) is 24.6 Å². The van der Waals surface area contributed by atoms with Crippen LogP contribution in [0, 0.1) is 11.6 Å². The van der Waals surface area contributed by atoms with Gasteiger partial charge in [-0.1, -0.05) is 30.3 Å². The normalized spacial score (nSPS) is 19.8. The van der Waals surface area contributed by atoms with Crippen molar-refractivity contribution in [1.29, 1.82) is 0 Å². The molecule has 2 aromatic rings. The molecule has 0 bridgehead atoms. The Labute approximate surface area is 169 Å². The van der Waals surface area contributed by atoms with Crippen LogP contribution in [-0.4, -0.2) is 29.3 Å². The molecule has 0 saturated carbocycles. The molecule has 29 heavy (non-hydrogen) atoms. The number of nitrogens with one attached hydrogen (secondary N) is 1. The molecular weight excluding hydrogens is 374 g/mol. The van der Waals surface area contributed by atoms with Crippen LogP contribution in [0.2, 0.25) is 0 Å². The summed E-state index contributed by atoms with van der Waals surface area (Å²) in [5, 5.41) is 8.64. The zero-order valence-electron chi connectivity index (χ0n) is 16.7. The van der Waals surface area contributed by atoms with E-state index in [1.54, 1.807) is 0 Å². The van der Waals surface area contributed by atoms with Gasteiger partial charge in [-0.3, -0.25) is 0 Å². The molecule has 0 radical (unpaired) electrons. The Kier molecular flexibility index (Phi) is 6.27. The fourth-order valence-electron chi connectivity index (χ4n) is 3.72. The summed E-state index contributed by atoms with van der Waals surface area (Å²) < 4.78 is 28.3. The predicted molar refractivity (Wildman–Crippen MR) is 109 cm³/mol. The molecule has 7 heteroatoms. The molecule has 3 N–H and O–H groups in total. The molecule has 0 aliphatic carbocycles. The van der Waals surface area contributed by atoms with E-state index < -0.39 is 17.2 Å². The van der Waals surface area contributed by atoms with Crippen LogP contribution in [0.25, 0.3) is 0 Å². The third-order valence-corrected chi connectivity index (χ3v) is 5.17. The van der Waals surface area contributed by atoms with Crippen LogP contribution in [0.1, 0.15) is 44.2 Å². The van der Waals surface area contributed by atoms with Crippen molar-refractivity contribution in [3.05, 3.63) is 71.3 Å². The van der Waals surface area contributed by atoms with E-state index in [-0.39, 0.29) is 24.1 Å². The van der Waals surface area contributed by atoms with E-state index in [1.807, 2.05) is 44.2 Å². The largest absolute Gasteiger partial charge is 0.338 e. The van der Waals surface area contributed by atoms with Crippen molar-refractivity contribution in [2.24, 2.45) is 10.8 Å². The van der Waals surface area contributed by atoms with Gasteiger partial charge < -0.3 is 11.1 Å². The Morgan fingerprint density at radius 3 is 2.66 bits per heavy atom. The lowest BCUT2D eigenvalue weighted by molar-refractivity contribution is 0.121. The third-order valence-electron chi connectivity index (χ3n) is 5.17. The smallest absolute Gasteiger partial charge is 0.337 e. The minimum atomic E-state index is -0.831. The van der Waals surface area contributed by atoms with Gasteiger partial charge in [-0.25, -0.2) is 18.6 Å². The molecule has 154 valence electrons. The van der Waals surface area contributed by atoms with Crippen molar-refractivity contribution in [2.75, 3.05) is 6.54 Å². The summed E-state index contributed by atoms with van der Waals surface area (Å²) in [4.78, 5) is 12.9. The van der Waals surface area contributed by atoms with E-state index >= 15 is 0 Å². The number of hydrogen-bond acceptors (Lipinski definition) is 3. The standard InChI is InChI=1S/C22H26F2N4O/c1-3-26-21(29)28-22(12-11-15(2)25,16-7-5-4-6-8-16)14-20(27-28)18-13-17(23)9-10-19(18)24/h4-10,13,15H,3,11-12,14,25H2,1-2H3,(H,26,29). The van der Waals surface area contributed by atoms with Gasteiger partial charge in [-0.15, -0.1) is 0 Å². The van der Waals surface area contributed by atoms with E-state index in [1.165, 1.54) is 5.01 Å².